The molecule has 0 spiro atoms. The first-order chi connectivity index (χ1) is 18.6. The van der Waals surface area contributed by atoms with Crippen LogP contribution in [0.15, 0.2) is 86.0 Å². The van der Waals surface area contributed by atoms with Gasteiger partial charge in [-0.25, -0.2) is 21.6 Å². The van der Waals surface area contributed by atoms with Crippen molar-refractivity contribution in [1.29, 1.82) is 0 Å². The molecule has 4 rings (SSSR count). The first kappa shape index (κ1) is 32.0. The summed E-state index contributed by atoms with van der Waals surface area (Å²) < 4.78 is 62.4. The van der Waals surface area contributed by atoms with E-state index in [0.717, 1.165) is 30.0 Å². The van der Waals surface area contributed by atoms with E-state index in [2.05, 4.69) is 5.10 Å². The number of aromatic carboxylic acids is 1. The second kappa shape index (κ2) is 11.8. The van der Waals surface area contributed by atoms with Crippen LogP contribution < -0.4 is 44.6 Å². The molecule has 0 saturated heterocycles. The molecule has 3 aromatic carbocycles. The monoisotopic (exact) mass is 607 g/mol. The predicted molar refractivity (Wildman–Crippen MR) is 143 cm³/mol. The molecule has 1 aliphatic heterocycles. The first-order valence-electron chi connectivity index (χ1n) is 11.4. The van der Waals surface area contributed by atoms with Crippen LogP contribution in [0.5, 0.6) is 5.75 Å². The standard InChI is InChI=1S/C26H23N3O9S2.Na/c1-15-20(12-16-4-6-17(7-5-16)28(2)3)25(31)29(27-15)22-14-19(40(36,37)38)9-11-24(22)39(34,35)18-8-10-23(30)21(13-18)26(32)33;/h4-14,30H,1-3H3,(H,32,33)(H,36,37,38);/q;+1/p-1/b20-12-;. The van der Waals surface area contributed by atoms with E-state index in [0.29, 0.717) is 22.7 Å². The van der Waals surface area contributed by atoms with Crippen LogP contribution in [0.1, 0.15) is 24.3 Å². The van der Waals surface area contributed by atoms with Crippen LogP contribution in [0.2, 0.25) is 0 Å². The quantitative estimate of drug-likeness (QED) is 0.202. The third kappa shape index (κ3) is 6.37. The van der Waals surface area contributed by atoms with Gasteiger partial charge in [-0.3, -0.25) is 4.79 Å². The maximum absolute atomic E-state index is 13.6. The summed E-state index contributed by atoms with van der Waals surface area (Å²) in [5.41, 5.74) is 0.458. The third-order valence-corrected chi connectivity index (χ3v) is 8.64. The minimum atomic E-state index is -5.08. The number of hydrogen-bond acceptors (Lipinski definition) is 10. The minimum Gasteiger partial charge on any atom is -0.872 e. The van der Waals surface area contributed by atoms with Crippen LogP contribution in [0.3, 0.4) is 0 Å². The summed E-state index contributed by atoms with van der Waals surface area (Å²) in [6, 6.07) is 11.7. The number of carboxylic acids is 1. The number of carbonyl (C=O) groups is 2. The Morgan fingerprint density at radius 2 is 1.61 bits per heavy atom. The Morgan fingerprint density at radius 3 is 2.17 bits per heavy atom. The van der Waals surface area contributed by atoms with Crippen LogP contribution in [0.4, 0.5) is 11.4 Å². The maximum Gasteiger partial charge on any atom is 1.00 e. The van der Waals surface area contributed by atoms with Gasteiger partial charge in [0.25, 0.3) is 5.91 Å². The molecule has 12 nitrogen and oxygen atoms in total. The second-order valence-electron chi connectivity index (χ2n) is 8.90. The average molecular weight is 608 g/mol. The van der Waals surface area contributed by atoms with Crippen molar-refractivity contribution >= 4 is 55.0 Å². The van der Waals surface area contributed by atoms with Crippen molar-refractivity contribution in [2.24, 2.45) is 5.10 Å². The number of nitrogens with zero attached hydrogens (tertiary/aromatic N) is 3. The molecular weight excluding hydrogens is 585 g/mol. The van der Waals surface area contributed by atoms with Crippen molar-refractivity contribution in [2.75, 3.05) is 24.0 Å². The van der Waals surface area contributed by atoms with Crippen molar-refractivity contribution in [3.63, 3.8) is 0 Å². The van der Waals surface area contributed by atoms with Crippen LogP contribution in [-0.2, 0) is 24.7 Å². The van der Waals surface area contributed by atoms with Crippen LogP contribution >= 0.6 is 0 Å². The summed E-state index contributed by atoms with van der Waals surface area (Å²) in [4.78, 5) is 24.7. The van der Waals surface area contributed by atoms with Crippen LogP contribution in [-0.4, -0.2) is 58.2 Å². The number of hydrogen-bond donors (Lipinski definition) is 1. The number of anilines is 2. The van der Waals surface area contributed by atoms with Gasteiger partial charge in [-0.05, 0) is 61.0 Å². The Morgan fingerprint density at radius 1 is 1.00 bits per heavy atom. The van der Waals surface area contributed by atoms with Crippen molar-refractivity contribution in [2.45, 2.75) is 21.6 Å². The van der Waals surface area contributed by atoms with Crippen molar-refractivity contribution in [1.82, 2.24) is 0 Å². The molecule has 1 N–H and O–H groups in total. The first-order valence-corrected chi connectivity index (χ1v) is 14.3. The Balaban J connectivity index is 0.00000308. The number of carbonyl (C=O) groups excluding carboxylic acids is 1. The van der Waals surface area contributed by atoms with Crippen molar-refractivity contribution in [3.8, 4) is 5.75 Å². The van der Waals surface area contributed by atoms with E-state index < -0.39 is 63.5 Å². The molecule has 15 heteroatoms. The number of carboxylic acid groups (broad SMARTS) is 1. The largest absolute Gasteiger partial charge is 1.00 e. The van der Waals surface area contributed by atoms with Gasteiger partial charge in [0.15, 0.2) is 0 Å². The molecule has 0 fully saturated rings. The Hall–Kier alpha value is -3.53. The van der Waals surface area contributed by atoms with E-state index >= 15 is 0 Å². The third-order valence-electron chi connectivity index (χ3n) is 6.01. The molecule has 1 aliphatic rings. The summed E-state index contributed by atoms with van der Waals surface area (Å²) in [5, 5.41) is 25.9. The Kier molecular flexibility index (Phi) is 9.17. The summed E-state index contributed by atoms with van der Waals surface area (Å²) in [7, 11) is -6.01. The van der Waals surface area contributed by atoms with E-state index in [1.807, 2.05) is 31.1 Å². The SMILES string of the molecule is CC1=NN(c2cc(S(=O)(=O)[O-])ccc2S(=O)(=O)c2ccc([O-])c(C(=O)O)c2)C(=O)/C1=C\c1ccc(N(C)C)cc1.[H+].[Na+]. The fraction of sp³-hybridized carbons (Fsp3) is 0.115. The average Bonchev–Trinajstić information content (AvgIpc) is 3.16. The molecule has 41 heavy (non-hydrogen) atoms. The topological polar surface area (TPSA) is 188 Å². The van der Waals surface area contributed by atoms with E-state index in [9.17, 15) is 41.2 Å². The fourth-order valence-corrected chi connectivity index (χ4v) is 5.83. The number of hydrazone groups is 1. The summed E-state index contributed by atoms with van der Waals surface area (Å²) in [6.45, 7) is 1.49. The van der Waals surface area contributed by atoms with E-state index in [-0.39, 0.29) is 42.3 Å². The molecule has 0 unspecified atom stereocenters. The zero-order valence-corrected chi connectivity index (χ0v) is 25.9. The molecule has 0 aliphatic carbocycles. The van der Waals surface area contributed by atoms with Gasteiger partial charge in [-0.1, -0.05) is 23.9 Å². The number of rotatable bonds is 7. The molecule has 3 aromatic rings. The normalized spacial score (nSPS) is 14.5. The fourth-order valence-electron chi connectivity index (χ4n) is 3.90. The molecule has 0 aromatic heterocycles. The Labute approximate surface area is 259 Å². The minimum absolute atomic E-state index is 0. The number of amides is 1. The van der Waals surface area contributed by atoms with Gasteiger partial charge in [0.2, 0.25) is 9.84 Å². The summed E-state index contributed by atoms with van der Waals surface area (Å²) in [6.07, 6.45) is 1.52. The van der Waals surface area contributed by atoms with Gasteiger partial charge in [-0.2, -0.15) is 10.1 Å². The molecule has 0 radical (unpaired) electrons. The number of benzene rings is 3. The summed E-state index contributed by atoms with van der Waals surface area (Å²) >= 11 is 0. The van der Waals surface area contributed by atoms with Crippen LogP contribution in [0, 0.1) is 0 Å². The molecule has 0 atom stereocenters. The predicted octanol–water partition coefficient (Wildman–Crippen LogP) is -0.816. The maximum atomic E-state index is 13.6. The smallest absolute Gasteiger partial charge is 0.872 e. The molecule has 1 heterocycles. The molecule has 208 valence electrons. The van der Waals surface area contributed by atoms with Gasteiger partial charge in [0, 0.05) is 19.8 Å². The van der Waals surface area contributed by atoms with E-state index in [1.54, 1.807) is 12.1 Å². The van der Waals surface area contributed by atoms with E-state index in [4.69, 9.17) is 0 Å². The zero-order valence-electron chi connectivity index (χ0n) is 23.2. The van der Waals surface area contributed by atoms with Crippen molar-refractivity contribution in [3.05, 3.63) is 77.4 Å². The van der Waals surface area contributed by atoms with Gasteiger partial charge in [0.05, 0.1) is 37.2 Å². The van der Waals surface area contributed by atoms with E-state index in [1.165, 1.54) is 13.0 Å². The van der Waals surface area contributed by atoms with Gasteiger partial charge >= 0.3 is 37.0 Å². The van der Waals surface area contributed by atoms with Gasteiger partial charge < -0.3 is 19.7 Å². The number of sulfone groups is 1. The molecule has 0 bridgehead atoms. The second-order valence-corrected chi connectivity index (χ2v) is 12.2. The van der Waals surface area contributed by atoms with Crippen LogP contribution in [0.25, 0.3) is 6.08 Å². The van der Waals surface area contributed by atoms with Crippen molar-refractivity contribution < 1.29 is 72.2 Å². The molecule has 1 amide bonds. The van der Waals surface area contributed by atoms with Gasteiger partial charge in [0.1, 0.15) is 10.1 Å². The molecular formula is C26H22N3NaO9S2. The Bertz CT molecular complexity index is 1840. The molecule has 0 saturated carbocycles. The van der Waals surface area contributed by atoms with Gasteiger partial charge in [-0.15, -0.1) is 0 Å². The zero-order chi connectivity index (χ0) is 29.6. The summed E-state index contributed by atoms with van der Waals surface area (Å²) in [5.74, 6) is -3.38.